The molecule has 0 saturated carbocycles. The zero-order valence-electron chi connectivity index (χ0n) is 30.0. The average Bonchev–Trinajstić information content (AvgIpc) is 3.76. The maximum atomic E-state index is 2.41. The quantitative estimate of drug-likeness (QED) is 0.168. The fourth-order valence-corrected chi connectivity index (χ4v) is 8.60. The third-order valence-electron chi connectivity index (χ3n) is 11.1. The summed E-state index contributed by atoms with van der Waals surface area (Å²) in [5, 5.41) is 7.49. The van der Waals surface area contributed by atoms with Crippen LogP contribution in [0.2, 0.25) is 0 Å². The molecule has 2 heterocycles. The van der Waals surface area contributed by atoms with E-state index in [4.69, 9.17) is 0 Å². The number of aromatic nitrogens is 2. The molecule has 11 rings (SSSR count). The van der Waals surface area contributed by atoms with Crippen LogP contribution in [0.3, 0.4) is 0 Å². The number of benzene rings is 9. The van der Waals surface area contributed by atoms with Gasteiger partial charge in [-0.15, -0.1) is 0 Å². The van der Waals surface area contributed by atoms with Gasteiger partial charge in [-0.2, -0.15) is 0 Å². The van der Waals surface area contributed by atoms with Crippen molar-refractivity contribution in [2.75, 3.05) is 4.90 Å². The Balaban J connectivity index is 1.13. The molecule has 258 valence electrons. The first kappa shape index (κ1) is 31.2. The van der Waals surface area contributed by atoms with Gasteiger partial charge in [0.15, 0.2) is 0 Å². The Kier molecular flexibility index (Phi) is 7.17. The van der Waals surface area contributed by atoms with Crippen molar-refractivity contribution in [3.8, 4) is 22.5 Å². The summed E-state index contributed by atoms with van der Waals surface area (Å²) in [6.07, 6.45) is 0. The van der Waals surface area contributed by atoms with Crippen molar-refractivity contribution in [3.05, 3.63) is 212 Å². The summed E-state index contributed by atoms with van der Waals surface area (Å²) < 4.78 is 4.80. The van der Waals surface area contributed by atoms with E-state index in [2.05, 4.69) is 226 Å². The molecular formula is C52H35N3. The minimum Gasteiger partial charge on any atom is -0.310 e. The van der Waals surface area contributed by atoms with Gasteiger partial charge >= 0.3 is 0 Å². The lowest BCUT2D eigenvalue weighted by molar-refractivity contribution is 1.17. The van der Waals surface area contributed by atoms with Gasteiger partial charge in [0.25, 0.3) is 0 Å². The highest BCUT2D eigenvalue weighted by atomic mass is 15.1. The van der Waals surface area contributed by atoms with Crippen LogP contribution >= 0.6 is 0 Å². The van der Waals surface area contributed by atoms with E-state index < -0.39 is 0 Å². The molecule has 0 aliphatic rings. The van der Waals surface area contributed by atoms with Gasteiger partial charge in [0.05, 0.1) is 27.8 Å². The van der Waals surface area contributed by atoms with Crippen LogP contribution in [0.25, 0.3) is 76.9 Å². The second-order valence-corrected chi connectivity index (χ2v) is 14.2. The maximum Gasteiger partial charge on any atom is 0.0561 e. The summed E-state index contributed by atoms with van der Waals surface area (Å²) in [7, 11) is 0. The van der Waals surface area contributed by atoms with E-state index in [1.54, 1.807) is 0 Å². The summed E-state index contributed by atoms with van der Waals surface area (Å²) >= 11 is 0. The van der Waals surface area contributed by atoms with Crippen molar-refractivity contribution in [2.24, 2.45) is 0 Å². The monoisotopic (exact) mass is 701 g/mol. The number of fused-ring (bicyclic) bond motifs is 7. The molecule has 0 amide bonds. The maximum absolute atomic E-state index is 2.41. The van der Waals surface area contributed by atoms with Gasteiger partial charge in [0.1, 0.15) is 0 Å². The summed E-state index contributed by atoms with van der Waals surface area (Å²) in [5.41, 5.74) is 12.7. The summed E-state index contributed by atoms with van der Waals surface area (Å²) in [6.45, 7) is 0. The Morgan fingerprint density at radius 1 is 0.309 bits per heavy atom. The van der Waals surface area contributed by atoms with Gasteiger partial charge in [-0.1, -0.05) is 133 Å². The van der Waals surface area contributed by atoms with Crippen LogP contribution in [0.1, 0.15) is 0 Å². The van der Waals surface area contributed by atoms with Crippen LogP contribution in [0.4, 0.5) is 17.1 Å². The van der Waals surface area contributed by atoms with Crippen molar-refractivity contribution in [2.45, 2.75) is 0 Å². The highest BCUT2D eigenvalue weighted by molar-refractivity contribution is 6.14. The highest BCUT2D eigenvalue weighted by Gasteiger charge is 2.21. The van der Waals surface area contributed by atoms with E-state index in [1.165, 1.54) is 65.5 Å². The highest BCUT2D eigenvalue weighted by Crippen LogP contribution is 2.44. The Morgan fingerprint density at radius 2 is 0.818 bits per heavy atom. The Bertz CT molecular complexity index is 3190. The summed E-state index contributed by atoms with van der Waals surface area (Å²) in [5.74, 6) is 0. The van der Waals surface area contributed by atoms with E-state index in [1.807, 2.05) is 0 Å². The predicted molar refractivity (Wildman–Crippen MR) is 233 cm³/mol. The third-order valence-corrected chi connectivity index (χ3v) is 11.1. The predicted octanol–water partition coefficient (Wildman–Crippen LogP) is 14.2. The zero-order chi connectivity index (χ0) is 36.3. The molecule has 11 aromatic rings. The fraction of sp³-hybridized carbons (Fsp3) is 0. The van der Waals surface area contributed by atoms with Crippen LogP contribution in [-0.2, 0) is 0 Å². The molecule has 0 aliphatic heterocycles. The van der Waals surface area contributed by atoms with Gasteiger partial charge in [-0.25, -0.2) is 0 Å². The molecule has 0 aliphatic carbocycles. The fourth-order valence-electron chi connectivity index (χ4n) is 8.60. The summed E-state index contributed by atoms with van der Waals surface area (Å²) in [6, 6.07) is 77.0. The van der Waals surface area contributed by atoms with Gasteiger partial charge < -0.3 is 14.0 Å². The SMILES string of the molecule is c1ccc(-c2ccccc2N(c2ccc(-n3c4ccccc4c4cc5ccccc5cc43)cc2)c2ccc3c4ccccc4n(-c4ccccc4)c3c2)cc1. The van der Waals surface area contributed by atoms with E-state index in [0.29, 0.717) is 0 Å². The average molecular weight is 702 g/mol. The standard InChI is InChI=1S/C52H35N3/c1-3-15-36(16-4-1)43-21-9-12-24-48(43)53(42-31-32-46-44-22-10-13-25-49(44)54(52(46)35-42)39-19-5-2-6-20-39)40-27-29-41(30-28-40)55-50-26-14-11-23-45(50)47-33-37-17-7-8-18-38(37)34-51(47)55/h1-35H. The molecule has 0 N–H and O–H groups in total. The number of nitrogens with zero attached hydrogens (tertiary/aromatic N) is 3. The van der Waals surface area contributed by atoms with Crippen molar-refractivity contribution >= 4 is 71.4 Å². The van der Waals surface area contributed by atoms with E-state index in [0.717, 1.165) is 28.4 Å². The minimum atomic E-state index is 1.08. The lowest BCUT2D eigenvalue weighted by atomic mass is 10.0. The van der Waals surface area contributed by atoms with Crippen molar-refractivity contribution < 1.29 is 0 Å². The van der Waals surface area contributed by atoms with E-state index in [9.17, 15) is 0 Å². The molecule has 0 saturated heterocycles. The molecule has 9 aromatic carbocycles. The number of hydrogen-bond donors (Lipinski definition) is 0. The topological polar surface area (TPSA) is 13.1 Å². The van der Waals surface area contributed by atoms with Gasteiger partial charge in [-0.05, 0) is 95.2 Å². The normalized spacial score (nSPS) is 11.6. The molecule has 0 radical (unpaired) electrons. The van der Waals surface area contributed by atoms with Crippen LogP contribution in [0.15, 0.2) is 212 Å². The molecule has 0 spiro atoms. The molecule has 3 heteroatoms. The molecule has 3 nitrogen and oxygen atoms in total. The van der Waals surface area contributed by atoms with Crippen molar-refractivity contribution in [1.82, 2.24) is 9.13 Å². The molecule has 55 heavy (non-hydrogen) atoms. The van der Waals surface area contributed by atoms with E-state index in [-0.39, 0.29) is 0 Å². The van der Waals surface area contributed by atoms with Crippen molar-refractivity contribution in [3.63, 3.8) is 0 Å². The van der Waals surface area contributed by atoms with Gasteiger partial charge in [0, 0.05) is 49.9 Å². The third kappa shape index (κ3) is 5.05. The summed E-state index contributed by atoms with van der Waals surface area (Å²) in [4.78, 5) is 2.41. The zero-order valence-corrected chi connectivity index (χ0v) is 30.0. The Hall–Kier alpha value is -7.36. The number of para-hydroxylation sites is 4. The van der Waals surface area contributed by atoms with Gasteiger partial charge in [-0.3, -0.25) is 0 Å². The number of anilines is 3. The first-order valence-electron chi connectivity index (χ1n) is 18.9. The number of hydrogen-bond acceptors (Lipinski definition) is 1. The second-order valence-electron chi connectivity index (χ2n) is 14.2. The lowest BCUT2D eigenvalue weighted by Gasteiger charge is -2.28. The number of rotatable bonds is 6. The molecule has 0 bridgehead atoms. The molecule has 0 unspecified atom stereocenters. The second kappa shape index (κ2) is 12.6. The van der Waals surface area contributed by atoms with Crippen molar-refractivity contribution in [1.29, 1.82) is 0 Å². The van der Waals surface area contributed by atoms with Crippen LogP contribution in [0, 0.1) is 0 Å². The minimum absolute atomic E-state index is 1.08. The first-order chi connectivity index (χ1) is 27.3. The van der Waals surface area contributed by atoms with Crippen LogP contribution in [-0.4, -0.2) is 9.13 Å². The Labute approximate surface area is 319 Å². The van der Waals surface area contributed by atoms with Crippen LogP contribution in [0.5, 0.6) is 0 Å². The Morgan fingerprint density at radius 3 is 1.55 bits per heavy atom. The first-order valence-corrected chi connectivity index (χ1v) is 18.9. The molecule has 2 aromatic heterocycles. The lowest BCUT2D eigenvalue weighted by Crippen LogP contribution is -2.11. The smallest absolute Gasteiger partial charge is 0.0561 e. The largest absolute Gasteiger partial charge is 0.310 e. The molecular weight excluding hydrogens is 667 g/mol. The molecule has 0 fully saturated rings. The molecule has 0 atom stereocenters. The van der Waals surface area contributed by atoms with Gasteiger partial charge in [0.2, 0.25) is 0 Å². The van der Waals surface area contributed by atoms with E-state index >= 15 is 0 Å². The van der Waals surface area contributed by atoms with Crippen LogP contribution < -0.4 is 4.90 Å².